The molecule has 0 radical (unpaired) electrons. The molecule has 0 aromatic heterocycles. The number of hydrogen-bond acceptors (Lipinski definition) is 4. The van der Waals surface area contributed by atoms with E-state index in [1.165, 1.54) is 6.08 Å². The number of carbonyl (C=O) groups excluding carboxylic acids is 2. The van der Waals surface area contributed by atoms with Gasteiger partial charge in [-0.1, -0.05) is 18.9 Å². The molecule has 2 aliphatic rings. The zero-order valence-electron chi connectivity index (χ0n) is 13.6. The first-order chi connectivity index (χ1) is 11.6. The second-order valence-corrected chi connectivity index (χ2v) is 6.11. The van der Waals surface area contributed by atoms with E-state index in [9.17, 15) is 9.59 Å². The maximum Gasteiger partial charge on any atom is 0.247 e. The fourth-order valence-electron chi connectivity index (χ4n) is 3.20. The van der Waals surface area contributed by atoms with Gasteiger partial charge in [-0.15, -0.1) is 0 Å². The zero-order valence-corrected chi connectivity index (χ0v) is 13.6. The van der Waals surface area contributed by atoms with Crippen LogP contribution in [0, 0.1) is 0 Å². The van der Waals surface area contributed by atoms with Crippen LogP contribution in [0.15, 0.2) is 24.3 Å². The van der Waals surface area contributed by atoms with E-state index in [4.69, 9.17) is 15.2 Å². The Morgan fingerprint density at radius 2 is 1.88 bits per heavy atom. The number of nitrogens with two attached hydrogens (primary N) is 1. The van der Waals surface area contributed by atoms with Crippen molar-refractivity contribution in [2.45, 2.75) is 31.7 Å². The van der Waals surface area contributed by atoms with Crippen molar-refractivity contribution >= 4 is 17.9 Å². The van der Waals surface area contributed by atoms with E-state index in [1.54, 1.807) is 11.0 Å². The molecule has 6 nitrogen and oxygen atoms in total. The number of amides is 2. The van der Waals surface area contributed by atoms with Gasteiger partial charge in [0.2, 0.25) is 11.8 Å². The van der Waals surface area contributed by atoms with Gasteiger partial charge in [-0.2, -0.15) is 0 Å². The van der Waals surface area contributed by atoms with Gasteiger partial charge >= 0.3 is 0 Å². The number of benzene rings is 1. The third kappa shape index (κ3) is 3.88. The molecule has 24 heavy (non-hydrogen) atoms. The van der Waals surface area contributed by atoms with Gasteiger partial charge in [-0.3, -0.25) is 9.59 Å². The molecule has 0 atom stereocenters. The maximum absolute atomic E-state index is 12.5. The summed E-state index contributed by atoms with van der Waals surface area (Å²) in [6.07, 6.45) is 7.24. The molecule has 3 rings (SSSR count). The van der Waals surface area contributed by atoms with Crippen LogP contribution in [0.3, 0.4) is 0 Å². The number of nitrogens with zero attached hydrogens (tertiary/aromatic N) is 1. The Labute approximate surface area is 141 Å². The SMILES string of the molecule is NC(=O)CN(C(=O)/C=C\c1ccc2c(c1)OCCO2)C1CCCC1. The molecule has 1 aliphatic carbocycles. The van der Waals surface area contributed by atoms with Gasteiger partial charge in [0.1, 0.15) is 13.2 Å². The highest BCUT2D eigenvalue weighted by Gasteiger charge is 2.26. The molecular formula is C18H22N2O4. The second-order valence-electron chi connectivity index (χ2n) is 6.11. The fourth-order valence-corrected chi connectivity index (χ4v) is 3.20. The predicted octanol–water partition coefficient (Wildman–Crippen LogP) is 1.73. The number of primary amides is 1. The Kier molecular flexibility index (Phi) is 5.03. The highest BCUT2D eigenvalue weighted by atomic mass is 16.6. The van der Waals surface area contributed by atoms with E-state index in [-0.39, 0.29) is 18.5 Å². The Bertz CT molecular complexity index is 650. The maximum atomic E-state index is 12.5. The third-order valence-electron chi connectivity index (χ3n) is 4.36. The van der Waals surface area contributed by atoms with E-state index in [2.05, 4.69) is 0 Å². The lowest BCUT2D eigenvalue weighted by atomic mass is 10.1. The summed E-state index contributed by atoms with van der Waals surface area (Å²) in [6.45, 7) is 1.03. The quantitative estimate of drug-likeness (QED) is 0.834. The fraction of sp³-hybridized carbons (Fsp3) is 0.444. The van der Waals surface area contributed by atoms with Crippen molar-refractivity contribution in [3.63, 3.8) is 0 Å². The summed E-state index contributed by atoms with van der Waals surface area (Å²) < 4.78 is 11.0. The molecule has 1 heterocycles. The molecule has 1 saturated carbocycles. The summed E-state index contributed by atoms with van der Waals surface area (Å²) in [4.78, 5) is 25.4. The third-order valence-corrected chi connectivity index (χ3v) is 4.36. The lowest BCUT2D eigenvalue weighted by Crippen LogP contribution is -2.43. The molecule has 1 fully saturated rings. The highest BCUT2D eigenvalue weighted by Crippen LogP contribution is 2.31. The average molecular weight is 330 g/mol. The van der Waals surface area contributed by atoms with E-state index in [0.29, 0.717) is 24.7 Å². The van der Waals surface area contributed by atoms with Crippen molar-refractivity contribution in [1.29, 1.82) is 0 Å². The summed E-state index contributed by atoms with van der Waals surface area (Å²) in [6, 6.07) is 5.64. The van der Waals surface area contributed by atoms with Gasteiger partial charge in [0, 0.05) is 12.1 Å². The smallest absolute Gasteiger partial charge is 0.247 e. The van der Waals surface area contributed by atoms with Crippen molar-refractivity contribution in [2.24, 2.45) is 5.73 Å². The van der Waals surface area contributed by atoms with E-state index >= 15 is 0 Å². The lowest BCUT2D eigenvalue weighted by molar-refractivity contribution is -0.133. The molecule has 0 spiro atoms. The number of fused-ring (bicyclic) bond motifs is 1. The summed E-state index contributed by atoms with van der Waals surface area (Å²) in [5.74, 6) is 0.727. The average Bonchev–Trinajstić information content (AvgIpc) is 3.11. The van der Waals surface area contributed by atoms with Crippen LogP contribution < -0.4 is 15.2 Å². The monoisotopic (exact) mass is 330 g/mol. The van der Waals surface area contributed by atoms with Crippen LogP contribution in [-0.4, -0.2) is 42.5 Å². The molecule has 0 unspecified atom stereocenters. The molecule has 2 amide bonds. The van der Waals surface area contributed by atoms with Crippen LogP contribution >= 0.6 is 0 Å². The Hall–Kier alpha value is -2.50. The van der Waals surface area contributed by atoms with Gasteiger partial charge in [0.25, 0.3) is 0 Å². The van der Waals surface area contributed by atoms with Crippen molar-refractivity contribution in [1.82, 2.24) is 4.90 Å². The minimum atomic E-state index is -0.483. The van der Waals surface area contributed by atoms with Gasteiger partial charge in [0.15, 0.2) is 11.5 Å². The Morgan fingerprint density at radius 3 is 2.58 bits per heavy atom. The van der Waals surface area contributed by atoms with Crippen molar-refractivity contribution in [3.05, 3.63) is 29.8 Å². The molecule has 1 aliphatic heterocycles. The second kappa shape index (κ2) is 7.38. The molecular weight excluding hydrogens is 308 g/mol. The van der Waals surface area contributed by atoms with Gasteiger partial charge < -0.3 is 20.1 Å². The Balaban J connectivity index is 1.71. The van der Waals surface area contributed by atoms with E-state index < -0.39 is 5.91 Å². The van der Waals surface area contributed by atoms with Gasteiger partial charge in [-0.05, 0) is 36.6 Å². The Morgan fingerprint density at radius 1 is 1.17 bits per heavy atom. The lowest BCUT2D eigenvalue weighted by Gasteiger charge is -2.26. The number of carbonyl (C=O) groups is 2. The predicted molar refractivity (Wildman–Crippen MR) is 89.6 cm³/mol. The number of hydrogen-bond donors (Lipinski definition) is 1. The van der Waals surface area contributed by atoms with Crippen LogP contribution in [0.4, 0.5) is 0 Å². The van der Waals surface area contributed by atoms with Crippen molar-refractivity contribution in [3.8, 4) is 11.5 Å². The summed E-state index contributed by atoms with van der Waals surface area (Å²) in [5, 5.41) is 0. The van der Waals surface area contributed by atoms with Gasteiger partial charge in [0.05, 0.1) is 6.54 Å². The van der Waals surface area contributed by atoms with Crippen LogP contribution in [0.5, 0.6) is 11.5 Å². The summed E-state index contributed by atoms with van der Waals surface area (Å²) in [7, 11) is 0. The zero-order chi connectivity index (χ0) is 16.9. The minimum absolute atomic E-state index is 0.0328. The van der Waals surface area contributed by atoms with Crippen LogP contribution in [0.1, 0.15) is 31.2 Å². The molecule has 1 aromatic carbocycles. The normalized spacial score (nSPS) is 17.2. The summed E-state index contributed by atoms with van der Waals surface area (Å²) in [5.41, 5.74) is 6.14. The topological polar surface area (TPSA) is 81.9 Å². The first-order valence-electron chi connectivity index (χ1n) is 8.30. The van der Waals surface area contributed by atoms with Crippen LogP contribution in [0.25, 0.3) is 6.08 Å². The highest BCUT2D eigenvalue weighted by molar-refractivity contribution is 5.94. The van der Waals surface area contributed by atoms with E-state index in [1.807, 2.05) is 18.2 Å². The van der Waals surface area contributed by atoms with Crippen LogP contribution in [-0.2, 0) is 9.59 Å². The molecule has 128 valence electrons. The van der Waals surface area contributed by atoms with Crippen molar-refractivity contribution in [2.75, 3.05) is 19.8 Å². The molecule has 6 heteroatoms. The first-order valence-corrected chi connectivity index (χ1v) is 8.30. The number of rotatable bonds is 5. The van der Waals surface area contributed by atoms with E-state index in [0.717, 1.165) is 31.2 Å². The first kappa shape index (κ1) is 16.4. The van der Waals surface area contributed by atoms with Crippen molar-refractivity contribution < 1.29 is 19.1 Å². The molecule has 2 N–H and O–H groups in total. The standard InChI is InChI=1S/C18H22N2O4/c19-17(21)12-20(14-3-1-2-4-14)18(22)8-6-13-5-7-15-16(11-13)24-10-9-23-15/h5-8,11,14H,1-4,9-10,12H2,(H2,19,21)/b8-6-. The molecule has 1 aromatic rings. The largest absolute Gasteiger partial charge is 0.486 e. The summed E-state index contributed by atoms with van der Waals surface area (Å²) >= 11 is 0. The van der Waals surface area contributed by atoms with Gasteiger partial charge in [-0.25, -0.2) is 0 Å². The molecule has 0 bridgehead atoms. The van der Waals surface area contributed by atoms with Crippen LogP contribution in [0.2, 0.25) is 0 Å². The molecule has 0 saturated heterocycles. The minimum Gasteiger partial charge on any atom is -0.486 e. The number of ether oxygens (including phenoxy) is 2.